The average molecular weight is 507 g/mol. The second-order valence-corrected chi connectivity index (χ2v) is 9.85. The molecular weight excluding hydrogens is 468 g/mol. The Morgan fingerprint density at radius 3 is 2.30 bits per heavy atom. The summed E-state index contributed by atoms with van der Waals surface area (Å²) in [4.78, 5) is 45.8. The van der Waals surface area contributed by atoms with E-state index in [1.807, 2.05) is 23.1 Å². The highest BCUT2D eigenvalue weighted by Gasteiger charge is 2.25. The van der Waals surface area contributed by atoms with Crippen LogP contribution < -0.4 is 16.4 Å². The number of amides is 3. The second-order valence-electron chi connectivity index (χ2n) is 9.85. The van der Waals surface area contributed by atoms with Crippen molar-refractivity contribution in [3.8, 4) is 0 Å². The molecule has 0 saturated carbocycles. The fourth-order valence-electron chi connectivity index (χ4n) is 4.97. The van der Waals surface area contributed by atoms with E-state index in [2.05, 4.69) is 17.6 Å². The van der Waals surface area contributed by atoms with E-state index in [9.17, 15) is 14.4 Å². The molecule has 9 nitrogen and oxygen atoms in total. The summed E-state index contributed by atoms with van der Waals surface area (Å²) in [6.07, 6.45) is 5.67. The van der Waals surface area contributed by atoms with Crippen molar-refractivity contribution in [2.24, 2.45) is 5.73 Å². The minimum Gasteiger partial charge on any atom is -0.365 e. The molecule has 0 atom stereocenters. The highest BCUT2D eigenvalue weighted by Crippen LogP contribution is 2.27. The molecule has 2 fully saturated rings. The first-order valence-corrected chi connectivity index (χ1v) is 13.4. The molecule has 2 aliphatic heterocycles. The van der Waals surface area contributed by atoms with Gasteiger partial charge in [-0.25, -0.2) is 4.98 Å². The van der Waals surface area contributed by atoms with Gasteiger partial charge in [0.25, 0.3) is 11.8 Å². The number of nitrogens with two attached hydrogens (primary N) is 1. The number of piperazine rings is 1. The molecule has 198 valence electrons. The maximum atomic E-state index is 13.0. The molecule has 0 bridgehead atoms. The standard InChI is InChI=1S/C28H38N6O3/c1-2-3-4-5-25(35)33-16-18-34(19-17-33)28(37)21-6-8-22(9-7-21)31-27-23(26(29)36)10-11-24(32-27)20-12-14-30-15-13-20/h6-11,20,30H,2-5,12-19H2,1H3,(H2,29,36)(H,31,32). The van der Waals surface area contributed by atoms with E-state index in [1.165, 1.54) is 0 Å². The number of nitrogens with zero attached hydrogens (tertiary/aromatic N) is 3. The third kappa shape index (κ3) is 6.85. The largest absolute Gasteiger partial charge is 0.365 e. The zero-order chi connectivity index (χ0) is 26.2. The first-order chi connectivity index (χ1) is 18.0. The number of primary amides is 1. The van der Waals surface area contributed by atoms with Gasteiger partial charge in [-0.05, 0) is 68.8 Å². The van der Waals surface area contributed by atoms with Crippen LogP contribution in [0.25, 0.3) is 0 Å². The minimum absolute atomic E-state index is 0.0477. The van der Waals surface area contributed by atoms with Crippen LogP contribution in [0.5, 0.6) is 0 Å². The van der Waals surface area contributed by atoms with Crippen LogP contribution in [0.1, 0.15) is 77.8 Å². The number of carbonyl (C=O) groups is 3. The molecular formula is C28H38N6O3. The lowest BCUT2D eigenvalue weighted by atomic mass is 9.94. The van der Waals surface area contributed by atoms with Gasteiger partial charge in [0.2, 0.25) is 5.91 Å². The second kappa shape index (κ2) is 12.7. The zero-order valence-electron chi connectivity index (χ0n) is 21.7. The van der Waals surface area contributed by atoms with E-state index in [4.69, 9.17) is 10.7 Å². The summed E-state index contributed by atoms with van der Waals surface area (Å²) in [5.41, 5.74) is 8.18. The van der Waals surface area contributed by atoms with E-state index in [1.54, 1.807) is 23.1 Å². The van der Waals surface area contributed by atoms with Crippen molar-refractivity contribution >= 4 is 29.2 Å². The van der Waals surface area contributed by atoms with E-state index in [0.717, 1.165) is 56.6 Å². The lowest BCUT2D eigenvalue weighted by Gasteiger charge is -2.35. The smallest absolute Gasteiger partial charge is 0.253 e. The Kier molecular flexibility index (Phi) is 9.11. The van der Waals surface area contributed by atoms with E-state index in [0.29, 0.717) is 55.5 Å². The van der Waals surface area contributed by atoms with E-state index >= 15 is 0 Å². The average Bonchev–Trinajstić information content (AvgIpc) is 2.93. The predicted molar refractivity (Wildman–Crippen MR) is 144 cm³/mol. The molecule has 9 heteroatoms. The van der Waals surface area contributed by atoms with Gasteiger partial charge in [-0.2, -0.15) is 0 Å². The Labute approximate surface area is 218 Å². The third-order valence-corrected chi connectivity index (χ3v) is 7.25. The van der Waals surface area contributed by atoms with Crippen LogP contribution in [0.3, 0.4) is 0 Å². The van der Waals surface area contributed by atoms with Crippen molar-refractivity contribution in [1.82, 2.24) is 20.1 Å². The quantitative estimate of drug-likeness (QED) is 0.449. The number of hydrogen-bond donors (Lipinski definition) is 3. The van der Waals surface area contributed by atoms with Crippen LogP contribution in [0.4, 0.5) is 11.5 Å². The minimum atomic E-state index is -0.540. The molecule has 2 aliphatic rings. The third-order valence-electron chi connectivity index (χ3n) is 7.25. The summed E-state index contributed by atoms with van der Waals surface area (Å²) in [5.74, 6) is 0.373. The molecule has 1 aromatic heterocycles. The van der Waals surface area contributed by atoms with Crippen molar-refractivity contribution in [3.05, 3.63) is 53.2 Å². The first-order valence-electron chi connectivity index (χ1n) is 13.4. The highest BCUT2D eigenvalue weighted by atomic mass is 16.2. The van der Waals surface area contributed by atoms with Crippen LogP contribution in [-0.4, -0.2) is 71.8 Å². The molecule has 3 heterocycles. The molecule has 0 unspecified atom stereocenters. The Bertz CT molecular complexity index is 1090. The fourth-order valence-corrected chi connectivity index (χ4v) is 4.97. The lowest BCUT2D eigenvalue weighted by Crippen LogP contribution is -2.50. The molecule has 0 radical (unpaired) electrons. The van der Waals surface area contributed by atoms with E-state index < -0.39 is 5.91 Å². The lowest BCUT2D eigenvalue weighted by molar-refractivity contribution is -0.132. The summed E-state index contributed by atoms with van der Waals surface area (Å²) < 4.78 is 0. The predicted octanol–water partition coefficient (Wildman–Crippen LogP) is 3.26. The summed E-state index contributed by atoms with van der Waals surface area (Å²) >= 11 is 0. The summed E-state index contributed by atoms with van der Waals surface area (Å²) in [6.45, 7) is 6.25. The SMILES string of the molecule is CCCCCC(=O)N1CCN(C(=O)c2ccc(Nc3nc(C4CCNCC4)ccc3C(N)=O)cc2)CC1. The van der Waals surface area contributed by atoms with Crippen molar-refractivity contribution < 1.29 is 14.4 Å². The van der Waals surface area contributed by atoms with Crippen molar-refractivity contribution in [2.75, 3.05) is 44.6 Å². The van der Waals surface area contributed by atoms with Gasteiger partial charge < -0.3 is 26.2 Å². The summed E-state index contributed by atoms with van der Waals surface area (Å²) in [5, 5.41) is 6.58. The Morgan fingerprint density at radius 1 is 0.973 bits per heavy atom. The Balaban J connectivity index is 1.37. The van der Waals surface area contributed by atoms with Gasteiger partial charge in [0, 0.05) is 55.5 Å². The monoisotopic (exact) mass is 506 g/mol. The molecule has 4 rings (SSSR count). The number of piperidine rings is 1. The maximum absolute atomic E-state index is 13.0. The number of carbonyl (C=O) groups excluding carboxylic acids is 3. The van der Waals surface area contributed by atoms with Gasteiger partial charge >= 0.3 is 0 Å². The van der Waals surface area contributed by atoms with Gasteiger partial charge in [-0.3, -0.25) is 14.4 Å². The number of pyridine rings is 1. The van der Waals surface area contributed by atoms with Crippen LogP contribution >= 0.6 is 0 Å². The Hall–Kier alpha value is -3.46. The number of anilines is 2. The molecule has 1 aromatic carbocycles. The van der Waals surface area contributed by atoms with Gasteiger partial charge in [-0.1, -0.05) is 19.8 Å². The maximum Gasteiger partial charge on any atom is 0.253 e. The van der Waals surface area contributed by atoms with E-state index in [-0.39, 0.29) is 11.8 Å². The summed E-state index contributed by atoms with van der Waals surface area (Å²) in [6, 6.07) is 10.8. The zero-order valence-corrected chi connectivity index (χ0v) is 21.7. The van der Waals surface area contributed by atoms with Crippen LogP contribution in [0, 0.1) is 0 Å². The molecule has 0 aliphatic carbocycles. The van der Waals surface area contributed by atoms with Gasteiger partial charge in [0.15, 0.2) is 0 Å². The van der Waals surface area contributed by atoms with Gasteiger partial charge in [-0.15, -0.1) is 0 Å². The molecule has 2 saturated heterocycles. The normalized spacial score (nSPS) is 16.5. The number of aromatic nitrogens is 1. The fraction of sp³-hybridized carbons (Fsp3) is 0.500. The molecule has 3 amide bonds. The van der Waals surface area contributed by atoms with Gasteiger partial charge in [0.05, 0.1) is 5.56 Å². The number of unbranched alkanes of at least 4 members (excludes halogenated alkanes) is 2. The van der Waals surface area contributed by atoms with Gasteiger partial charge in [0.1, 0.15) is 5.82 Å². The number of benzene rings is 1. The van der Waals surface area contributed by atoms with Crippen molar-refractivity contribution in [2.45, 2.75) is 51.4 Å². The molecule has 0 spiro atoms. The van der Waals surface area contributed by atoms with Crippen LogP contribution in [0.15, 0.2) is 36.4 Å². The molecule has 4 N–H and O–H groups in total. The number of rotatable bonds is 9. The van der Waals surface area contributed by atoms with Crippen LogP contribution in [-0.2, 0) is 4.79 Å². The number of hydrogen-bond acceptors (Lipinski definition) is 6. The topological polar surface area (TPSA) is 121 Å². The Morgan fingerprint density at radius 2 is 1.65 bits per heavy atom. The first kappa shape index (κ1) is 26.6. The summed E-state index contributed by atoms with van der Waals surface area (Å²) in [7, 11) is 0. The molecule has 2 aromatic rings. The van der Waals surface area contributed by atoms with Crippen LogP contribution in [0.2, 0.25) is 0 Å². The molecule has 37 heavy (non-hydrogen) atoms. The van der Waals surface area contributed by atoms with Crippen molar-refractivity contribution in [1.29, 1.82) is 0 Å². The highest BCUT2D eigenvalue weighted by molar-refractivity contribution is 5.98. The number of nitrogens with one attached hydrogen (secondary N) is 2. The van der Waals surface area contributed by atoms with Crippen molar-refractivity contribution in [3.63, 3.8) is 0 Å².